The first-order chi connectivity index (χ1) is 10.1. The molecule has 0 radical (unpaired) electrons. The molecule has 0 spiro atoms. The van der Waals surface area contributed by atoms with Crippen molar-refractivity contribution in [3.63, 3.8) is 0 Å². The van der Waals surface area contributed by atoms with Crippen LogP contribution in [0.4, 0.5) is 4.39 Å². The van der Waals surface area contributed by atoms with Crippen molar-refractivity contribution in [1.82, 2.24) is 4.72 Å². The topological polar surface area (TPSA) is 46.2 Å². The van der Waals surface area contributed by atoms with Crippen molar-refractivity contribution in [3.8, 4) is 0 Å². The average Bonchev–Trinajstić information content (AvgIpc) is 2.74. The Morgan fingerprint density at radius 2 is 1.86 bits per heavy atom. The second-order valence-electron chi connectivity index (χ2n) is 7.67. The SMILES string of the molecule is CC1(C)C2CCC1(C)C(NS(=O)(=O)Cc1ccc(F)cc1)C2. The number of fused-ring (bicyclic) bond motifs is 2. The zero-order valence-corrected chi connectivity index (χ0v) is 14.2. The van der Waals surface area contributed by atoms with Gasteiger partial charge in [-0.15, -0.1) is 0 Å². The summed E-state index contributed by atoms with van der Waals surface area (Å²) in [6, 6.07) is 5.66. The van der Waals surface area contributed by atoms with Crippen LogP contribution in [-0.2, 0) is 15.8 Å². The van der Waals surface area contributed by atoms with Crippen molar-refractivity contribution in [1.29, 1.82) is 0 Å². The van der Waals surface area contributed by atoms with Crippen LogP contribution in [0.1, 0.15) is 45.6 Å². The summed E-state index contributed by atoms with van der Waals surface area (Å²) >= 11 is 0. The summed E-state index contributed by atoms with van der Waals surface area (Å²) in [6.45, 7) is 6.74. The molecule has 2 bridgehead atoms. The van der Waals surface area contributed by atoms with Gasteiger partial charge in [-0.05, 0) is 53.7 Å². The quantitative estimate of drug-likeness (QED) is 0.921. The van der Waals surface area contributed by atoms with Crippen LogP contribution in [0.15, 0.2) is 24.3 Å². The van der Waals surface area contributed by atoms with E-state index in [2.05, 4.69) is 25.5 Å². The Balaban J connectivity index is 1.74. The Bertz CT molecular complexity index is 668. The molecular weight excluding hydrogens is 301 g/mol. The van der Waals surface area contributed by atoms with Gasteiger partial charge in [0, 0.05) is 6.04 Å². The maximum atomic E-state index is 12.9. The zero-order chi connectivity index (χ0) is 16.2. The first-order valence-electron chi connectivity index (χ1n) is 7.88. The molecule has 1 aromatic carbocycles. The highest BCUT2D eigenvalue weighted by molar-refractivity contribution is 7.88. The van der Waals surface area contributed by atoms with E-state index < -0.39 is 10.0 Å². The van der Waals surface area contributed by atoms with Crippen molar-refractivity contribution in [2.75, 3.05) is 0 Å². The Kier molecular flexibility index (Phi) is 3.64. The predicted molar refractivity (Wildman–Crippen MR) is 85.2 cm³/mol. The van der Waals surface area contributed by atoms with Crippen LogP contribution in [0, 0.1) is 22.6 Å². The maximum absolute atomic E-state index is 12.9. The fraction of sp³-hybridized carbons (Fsp3) is 0.647. The number of rotatable bonds is 4. The molecule has 2 fully saturated rings. The van der Waals surface area contributed by atoms with Crippen LogP contribution in [0.25, 0.3) is 0 Å². The van der Waals surface area contributed by atoms with E-state index in [1.807, 2.05) is 0 Å². The van der Waals surface area contributed by atoms with E-state index in [1.54, 1.807) is 0 Å². The van der Waals surface area contributed by atoms with Gasteiger partial charge in [0.2, 0.25) is 10.0 Å². The van der Waals surface area contributed by atoms with E-state index in [0.717, 1.165) is 12.8 Å². The minimum atomic E-state index is -3.41. The molecule has 0 amide bonds. The third-order valence-electron chi connectivity index (χ3n) is 6.39. The van der Waals surface area contributed by atoms with Crippen molar-refractivity contribution in [3.05, 3.63) is 35.6 Å². The highest BCUT2D eigenvalue weighted by Gasteiger charge is 2.61. The molecule has 122 valence electrons. The third-order valence-corrected chi connectivity index (χ3v) is 7.74. The van der Waals surface area contributed by atoms with Crippen LogP contribution in [0.3, 0.4) is 0 Å². The average molecular weight is 325 g/mol. The van der Waals surface area contributed by atoms with Gasteiger partial charge in [-0.25, -0.2) is 17.5 Å². The lowest BCUT2D eigenvalue weighted by Crippen LogP contribution is -2.47. The molecule has 22 heavy (non-hydrogen) atoms. The fourth-order valence-electron chi connectivity index (χ4n) is 4.44. The van der Waals surface area contributed by atoms with E-state index in [0.29, 0.717) is 11.5 Å². The Morgan fingerprint density at radius 1 is 1.23 bits per heavy atom. The summed E-state index contributed by atoms with van der Waals surface area (Å²) in [5, 5.41) is 0. The van der Waals surface area contributed by atoms with Gasteiger partial charge in [0.05, 0.1) is 5.75 Å². The van der Waals surface area contributed by atoms with E-state index >= 15 is 0 Å². The normalized spacial score (nSPS) is 33.3. The number of benzene rings is 1. The second kappa shape index (κ2) is 5.03. The van der Waals surface area contributed by atoms with Crippen LogP contribution in [0.2, 0.25) is 0 Å². The summed E-state index contributed by atoms with van der Waals surface area (Å²) in [5.41, 5.74) is 0.810. The molecule has 3 rings (SSSR count). The Morgan fingerprint density at radius 3 is 2.36 bits per heavy atom. The summed E-state index contributed by atoms with van der Waals surface area (Å²) < 4.78 is 40.8. The van der Waals surface area contributed by atoms with Gasteiger partial charge in [0.15, 0.2) is 0 Å². The molecule has 3 unspecified atom stereocenters. The van der Waals surface area contributed by atoms with E-state index in [1.165, 1.54) is 30.7 Å². The molecule has 1 aromatic rings. The molecule has 0 aliphatic heterocycles. The van der Waals surface area contributed by atoms with Crippen molar-refractivity contribution in [2.45, 2.75) is 51.8 Å². The second-order valence-corrected chi connectivity index (χ2v) is 9.42. The molecule has 0 saturated heterocycles. The molecular formula is C17H24FNO2S. The number of hydrogen-bond donors (Lipinski definition) is 1. The molecule has 3 atom stereocenters. The molecule has 5 heteroatoms. The van der Waals surface area contributed by atoms with Gasteiger partial charge >= 0.3 is 0 Å². The van der Waals surface area contributed by atoms with Gasteiger partial charge in [-0.2, -0.15) is 0 Å². The summed E-state index contributed by atoms with van der Waals surface area (Å²) in [7, 11) is -3.41. The number of halogens is 1. The lowest BCUT2D eigenvalue weighted by Gasteiger charge is -2.39. The number of nitrogens with one attached hydrogen (secondary N) is 1. The maximum Gasteiger partial charge on any atom is 0.216 e. The Hall–Kier alpha value is -0.940. The molecule has 2 saturated carbocycles. The monoisotopic (exact) mass is 325 g/mol. The van der Waals surface area contributed by atoms with E-state index in [-0.39, 0.29) is 28.4 Å². The highest BCUT2D eigenvalue weighted by atomic mass is 32.2. The lowest BCUT2D eigenvalue weighted by atomic mass is 9.69. The van der Waals surface area contributed by atoms with Gasteiger partial charge < -0.3 is 0 Å². The van der Waals surface area contributed by atoms with Gasteiger partial charge in [-0.1, -0.05) is 32.9 Å². The minimum absolute atomic E-state index is 0.00620. The summed E-state index contributed by atoms with van der Waals surface area (Å²) in [6.07, 6.45) is 3.19. The van der Waals surface area contributed by atoms with Crippen LogP contribution >= 0.6 is 0 Å². The molecule has 0 heterocycles. The van der Waals surface area contributed by atoms with Gasteiger partial charge in [0.25, 0.3) is 0 Å². The molecule has 2 aliphatic rings. The molecule has 2 aliphatic carbocycles. The first-order valence-corrected chi connectivity index (χ1v) is 9.54. The largest absolute Gasteiger partial charge is 0.216 e. The van der Waals surface area contributed by atoms with Crippen LogP contribution in [-0.4, -0.2) is 14.5 Å². The molecule has 1 N–H and O–H groups in total. The number of hydrogen-bond acceptors (Lipinski definition) is 2. The lowest BCUT2D eigenvalue weighted by molar-refractivity contribution is 0.130. The highest BCUT2D eigenvalue weighted by Crippen LogP contribution is 2.65. The summed E-state index contributed by atoms with van der Waals surface area (Å²) in [5.74, 6) is 0.151. The smallest absolute Gasteiger partial charge is 0.212 e. The van der Waals surface area contributed by atoms with E-state index in [4.69, 9.17) is 0 Å². The van der Waals surface area contributed by atoms with Crippen molar-refractivity contribution < 1.29 is 12.8 Å². The number of sulfonamides is 1. The van der Waals surface area contributed by atoms with Gasteiger partial charge in [0.1, 0.15) is 5.82 Å². The van der Waals surface area contributed by atoms with E-state index in [9.17, 15) is 12.8 Å². The van der Waals surface area contributed by atoms with Crippen molar-refractivity contribution in [2.24, 2.45) is 16.7 Å². The van der Waals surface area contributed by atoms with Gasteiger partial charge in [-0.3, -0.25) is 0 Å². The third kappa shape index (κ3) is 2.48. The zero-order valence-electron chi connectivity index (χ0n) is 13.4. The fourth-order valence-corrected chi connectivity index (χ4v) is 5.94. The van der Waals surface area contributed by atoms with Crippen LogP contribution < -0.4 is 4.72 Å². The van der Waals surface area contributed by atoms with Crippen LogP contribution in [0.5, 0.6) is 0 Å². The predicted octanol–water partition coefficient (Wildman–Crippen LogP) is 3.46. The first kappa shape index (κ1) is 15.9. The molecule has 3 nitrogen and oxygen atoms in total. The summed E-state index contributed by atoms with van der Waals surface area (Å²) in [4.78, 5) is 0. The van der Waals surface area contributed by atoms with Crippen molar-refractivity contribution >= 4 is 10.0 Å². The molecule has 0 aromatic heterocycles. The minimum Gasteiger partial charge on any atom is -0.212 e. The standard InChI is InChI=1S/C17H24FNO2S/c1-16(2)13-8-9-17(16,3)15(10-13)19-22(20,21)11-12-4-6-14(18)7-5-12/h4-7,13,15,19H,8-11H2,1-3H3. The Labute approximate surface area is 132 Å².